The summed E-state index contributed by atoms with van der Waals surface area (Å²) in [5.74, 6) is 3.17. The zero-order chi connectivity index (χ0) is 12.3. The molecule has 0 heterocycles. The summed E-state index contributed by atoms with van der Waals surface area (Å²) >= 11 is 0. The first-order chi connectivity index (χ1) is 8.19. The Balaban J connectivity index is 1.86. The van der Waals surface area contributed by atoms with Gasteiger partial charge in [-0.2, -0.15) is 0 Å². The predicted octanol–water partition coefficient (Wildman–Crippen LogP) is 4.15. The first-order valence-electron chi connectivity index (χ1n) is 7.57. The van der Waals surface area contributed by atoms with E-state index in [1.165, 1.54) is 37.7 Å². The first kappa shape index (κ1) is 13.1. The van der Waals surface area contributed by atoms with Crippen molar-refractivity contribution in [3.05, 3.63) is 11.6 Å². The number of allylic oxidation sites excluding steroid dienone is 1. The molecule has 2 bridgehead atoms. The maximum Gasteiger partial charge on any atom is 0.0255 e. The molecule has 2 saturated carbocycles. The Hall–Kier alpha value is -0.300. The second kappa shape index (κ2) is 6.04. The standard InChI is InChI=1S/C16H29N/c1-4-7-17-16(8-12(2)3)11-15-10-13-5-6-14(15)9-13/h8,13-17H,4-7,9-11H2,1-3H3. The molecule has 0 aliphatic heterocycles. The monoisotopic (exact) mass is 235 g/mol. The molecule has 0 amide bonds. The number of rotatable bonds is 6. The largest absolute Gasteiger partial charge is 0.311 e. The van der Waals surface area contributed by atoms with Gasteiger partial charge in [-0.3, -0.25) is 0 Å². The summed E-state index contributed by atoms with van der Waals surface area (Å²) in [6, 6.07) is 0.629. The molecule has 0 radical (unpaired) electrons. The highest BCUT2D eigenvalue weighted by Gasteiger charge is 2.39. The van der Waals surface area contributed by atoms with E-state index in [1.807, 2.05) is 0 Å². The molecule has 4 atom stereocenters. The predicted molar refractivity (Wildman–Crippen MR) is 75.1 cm³/mol. The SMILES string of the molecule is CCCNC(C=C(C)C)CC1CC2CCC1C2. The fourth-order valence-corrected chi connectivity index (χ4v) is 3.93. The van der Waals surface area contributed by atoms with E-state index in [9.17, 15) is 0 Å². The van der Waals surface area contributed by atoms with E-state index in [-0.39, 0.29) is 0 Å². The summed E-state index contributed by atoms with van der Waals surface area (Å²) in [5, 5.41) is 3.71. The van der Waals surface area contributed by atoms with Crippen LogP contribution >= 0.6 is 0 Å². The number of hydrogen-bond acceptors (Lipinski definition) is 1. The molecule has 2 aliphatic carbocycles. The summed E-state index contributed by atoms with van der Waals surface area (Å²) in [4.78, 5) is 0. The van der Waals surface area contributed by atoms with Gasteiger partial charge in [0.05, 0.1) is 0 Å². The molecular weight excluding hydrogens is 206 g/mol. The van der Waals surface area contributed by atoms with Crippen LogP contribution in [0.15, 0.2) is 11.6 Å². The van der Waals surface area contributed by atoms with Crippen LogP contribution in [0.2, 0.25) is 0 Å². The minimum atomic E-state index is 0.629. The van der Waals surface area contributed by atoms with E-state index in [2.05, 4.69) is 32.2 Å². The fourth-order valence-electron chi connectivity index (χ4n) is 3.93. The minimum absolute atomic E-state index is 0.629. The Morgan fingerprint density at radius 3 is 2.65 bits per heavy atom. The van der Waals surface area contributed by atoms with Gasteiger partial charge in [0, 0.05) is 6.04 Å². The summed E-state index contributed by atoms with van der Waals surface area (Å²) in [7, 11) is 0. The van der Waals surface area contributed by atoms with Gasteiger partial charge in [0.25, 0.3) is 0 Å². The summed E-state index contributed by atoms with van der Waals surface area (Å²) in [6.07, 6.45) is 11.2. The molecule has 0 aromatic heterocycles. The normalized spacial score (nSPS) is 32.8. The summed E-state index contributed by atoms with van der Waals surface area (Å²) in [5.41, 5.74) is 1.46. The molecule has 2 rings (SSSR count). The highest BCUT2D eigenvalue weighted by atomic mass is 14.9. The van der Waals surface area contributed by atoms with Gasteiger partial charge in [-0.25, -0.2) is 0 Å². The van der Waals surface area contributed by atoms with E-state index in [0.29, 0.717) is 6.04 Å². The van der Waals surface area contributed by atoms with Crippen molar-refractivity contribution in [1.82, 2.24) is 5.32 Å². The molecule has 0 saturated heterocycles. The molecule has 1 heteroatoms. The molecular formula is C16H29N. The maximum absolute atomic E-state index is 3.71. The minimum Gasteiger partial charge on any atom is -0.311 e. The summed E-state index contributed by atoms with van der Waals surface area (Å²) < 4.78 is 0. The van der Waals surface area contributed by atoms with Crippen molar-refractivity contribution in [1.29, 1.82) is 0 Å². The second-order valence-electron chi connectivity index (χ2n) is 6.48. The van der Waals surface area contributed by atoms with Crippen molar-refractivity contribution in [2.24, 2.45) is 17.8 Å². The van der Waals surface area contributed by atoms with E-state index in [1.54, 1.807) is 6.42 Å². The lowest BCUT2D eigenvalue weighted by atomic mass is 9.84. The topological polar surface area (TPSA) is 12.0 Å². The third-order valence-corrected chi connectivity index (χ3v) is 4.63. The average molecular weight is 235 g/mol. The maximum atomic E-state index is 3.71. The number of nitrogens with one attached hydrogen (secondary N) is 1. The molecule has 17 heavy (non-hydrogen) atoms. The van der Waals surface area contributed by atoms with E-state index < -0.39 is 0 Å². The van der Waals surface area contributed by atoms with E-state index in [0.717, 1.165) is 24.3 Å². The quantitative estimate of drug-likeness (QED) is 0.682. The lowest BCUT2D eigenvalue weighted by molar-refractivity contribution is 0.293. The van der Waals surface area contributed by atoms with Gasteiger partial charge in [0.1, 0.15) is 0 Å². The molecule has 0 aromatic carbocycles. The molecule has 2 aliphatic rings. The van der Waals surface area contributed by atoms with Crippen LogP contribution in [0.3, 0.4) is 0 Å². The molecule has 0 spiro atoms. The van der Waals surface area contributed by atoms with Crippen molar-refractivity contribution in [2.75, 3.05) is 6.54 Å². The third-order valence-electron chi connectivity index (χ3n) is 4.63. The summed E-state index contributed by atoms with van der Waals surface area (Å²) in [6.45, 7) is 7.86. The zero-order valence-corrected chi connectivity index (χ0v) is 11.8. The van der Waals surface area contributed by atoms with Gasteiger partial charge in [-0.05, 0) is 70.3 Å². The van der Waals surface area contributed by atoms with Gasteiger partial charge in [0.2, 0.25) is 0 Å². The zero-order valence-electron chi connectivity index (χ0n) is 11.8. The Kier molecular flexibility index (Phi) is 4.67. The fraction of sp³-hybridized carbons (Fsp3) is 0.875. The van der Waals surface area contributed by atoms with Gasteiger partial charge in [-0.1, -0.05) is 25.0 Å². The molecule has 0 aromatic rings. The Labute approximate surface area is 107 Å². The number of hydrogen-bond donors (Lipinski definition) is 1. The van der Waals surface area contributed by atoms with Crippen LogP contribution in [0.4, 0.5) is 0 Å². The van der Waals surface area contributed by atoms with Crippen LogP contribution in [0, 0.1) is 17.8 Å². The van der Waals surface area contributed by atoms with Crippen LogP contribution in [-0.4, -0.2) is 12.6 Å². The lowest BCUT2D eigenvalue weighted by Gasteiger charge is -2.26. The van der Waals surface area contributed by atoms with Crippen LogP contribution in [0.5, 0.6) is 0 Å². The molecule has 1 nitrogen and oxygen atoms in total. The smallest absolute Gasteiger partial charge is 0.0255 e. The van der Waals surface area contributed by atoms with Crippen molar-refractivity contribution in [2.45, 2.75) is 65.3 Å². The highest BCUT2D eigenvalue weighted by Crippen LogP contribution is 2.49. The molecule has 2 fully saturated rings. The van der Waals surface area contributed by atoms with E-state index >= 15 is 0 Å². The Morgan fingerprint density at radius 1 is 1.29 bits per heavy atom. The van der Waals surface area contributed by atoms with Gasteiger partial charge in [0.15, 0.2) is 0 Å². The molecule has 98 valence electrons. The first-order valence-corrected chi connectivity index (χ1v) is 7.57. The lowest BCUT2D eigenvalue weighted by Crippen LogP contribution is -2.31. The average Bonchev–Trinajstić information content (AvgIpc) is 2.86. The highest BCUT2D eigenvalue weighted by molar-refractivity contribution is 5.03. The third kappa shape index (κ3) is 3.58. The second-order valence-corrected chi connectivity index (χ2v) is 6.48. The van der Waals surface area contributed by atoms with Gasteiger partial charge < -0.3 is 5.32 Å². The van der Waals surface area contributed by atoms with Crippen LogP contribution in [-0.2, 0) is 0 Å². The van der Waals surface area contributed by atoms with Gasteiger partial charge >= 0.3 is 0 Å². The van der Waals surface area contributed by atoms with Gasteiger partial charge in [-0.15, -0.1) is 0 Å². The van der Waals surface area contributed by atoms with Crippen LogP contribution < -0.4 is 5.32 Å². The van der Waals surface area contributed by atoms with Crippen molar-refractivity contribution >= 4 is 0 Å². The molecule has 1 N–H and O–H groups in total. The molecule has 4 unspecified atom stereocenters. The van der Waals surface area contributed by atoms with Crippen LogP contribution in [0.1, 0.15) is 59.3 Å². The van der Waals surface area contributed by atoms with E-state index in [4.69, 9.17) is 0 Å². The Bertz CT molecular complexity index is 265. The van der Waals surface area contributed by atoms with Crippen molar-refractivity contribution in [3.8, 4) is 0 Å². The van der Waals surface area contributed by atoms with Crippen molar-refractivity contribution in [3.63, 3.8) is 0 Å². The van der Waals surface area contributed by atoms with Crippen molar-refractivity contribution < 1.29 is 0 Å². The Morgan fingerprint density at radius 2 is 2.12 bits per heavy atom. The number of fused-ring (bicyclic) bond motifs is 2. The van der Waals surface area contributed by atoms with Crippen LogP contribution in [0.25, 0.3) is 0 Å².